The quantitative estimate of drug-likeness (QED) is 0.708. The Morgan fingerprint density at radius 1 is 1.27 bits per heavy atom. The van der Waals surface area contributed by atoms with E-state index in [1.54, 1.807) is 0 Å². The fourth-order valence-corrected chi connectivity index (χ4v) is 2.99. The second kappa shape index (κ2) is 4.42. The summed E-state index contributed by atoms with van der Waals surface area (Å²) in [4.78, 5) is 14.0. The van der Waals surface area contributed by atoms with E-state index in [1.165, 1.54) is 32.1 Å². The van der Waals surface area contributed by atoms with Gasteiger partial charge in [-0.25, -0.2) is 4.79 Å². The van der Waals surface area contributed by atoms with Crippen LogP contribution in [0.15, 0.2) is 0 Å². The van der Waals surface area contributed by atoms with Gasteiger partial charge in [-0.1, -0.05) is 12.8 Å². The number of nitrogens with zero attached hydrogens (tertiary/aromatic N) is 1. The molecule has 0 bridgehead atoms. The predicted molar refractivity (Wildman–Crippen MR) is 60.7 cm³/mol. The molecule has 2 atom stereocenters. The maximum Gasteiger partial charge on any atom is 0.317 e. The van der Waals surface area contributed by atoms with Crippen molar-refractivity contribution in [3.8, 4) is 0 Å². The van der Waals surface area contributed by atoms with Crippen LogP contribution in [-0.2, 0) is 0 Å². The summed E-state index contributed by atoms with van der Waals surface area (Å²) in [6, 6.07) is 0.942. The van der Waals surface area contributed by atoms with Gasteiger partial charge >= 0.3 is 6.03 Å². The number of hydrogen-bond acceptors (Lipinski definition) is 1. The van der Waals surface area contributed by atoms with Crippen molar-refractivity contribution in [1.29, 1.82) is 0 Å². The van der Waals surface area contributed by atoms with Crippen molar-refractivity contribution in [2.45, 2.75) is 58.0 Å². The maximum atomic E-state index is 11.9. The molecule has 1 aliphatic carbocycles. The van der Waals surface area contributed by atoms with Crippen LogP contribution in [0.2, 0.25) is 0 Å². The second-order valence-electron chi connectivity index (χ2n) is 5.20. The zero-order chi connectivity index (χ0) is 10.8. The van der Waals surface area contributed by atoms with Gasteiger partial charge in [0, 0.05) is 18.6 Å². The van der Waals surface area contributed by atoms with Gasteiger partial charge in [0.1, 0.15) is 0 Å². The van der Waals surface area contributed by atoms with Crippen LogP contribution in [0.3, 0.4) is 0 Å². The lowest BCUT2D eigenvalue weighted by Gasteiger charge is -2.32. The van der Waals surface area contributed by atoms with Crippen LogP contribution in [0.4, 0.5) is 4.79 Å². The molecule has 1 saturated heterocycles. The third-order valence-electron chi connectivity index (χ3n) is 3.68. The number of carbonyl (C=O) groups is 1. The minimum atomic E-state index is 0.152. The van der Waals surface area contributed by atoms with Crippen LogP contribution in [0, 0.1) is 5.92 Å². The summed E-state index contributed by atoms with van der Waals surface area (Å²) in [6.45, 7) is 5.01. The number of nitrogens with one attached hydrogen (secondary N) is 1. The fraction of sp³-hybridized carbons (Fsp3) is 0.917. The SMILES string of the molecule is CC(C)NC(=O)N1CCC2CCCCC21. The van der Waals surface area contributed by atoms with Crippen molar-refractivity contribution in [3.05, 3.63) is 0 Å². The van der Waals surface area contributed by atoms with Gasteiger partial charge < -0.3 is 10.2 Å². The van der Waals surface area contributed by atoms with Crippen LogP contribution in [-0.4, -0.2) is 29.6 Å². The molecule has 1 N–H and O–H groups in total. The first-order valence-electron chi connectivity index (χ1n) is 6.25. The monoisotopic (exact) mass is 210 g/mol. The zero-order valence-electron chi connectivity index (χ0n) is 9.83. The molecule has 2 fully saturated rings. The lowest BCUT2D eigenvalue weighted by atomic mass is 9.85. The number of carbonyl (C=O) groups excluding carboxylic acids is 1. The molecule has 1 aliphatic heterocycles. The molecule has 3 heteroatoms. The highest BCUT2D eigenvalue weighted by atomic mass is 16.2. The Hall–Kier alpha value is -0.730. The summed E-state index contributed by atoms with van der Waals surface area (Å²) in [5, 5.41) is 3.00. The first-order chi connectivity index (χ1) is 7.18. The third-order valence-corrected chi connectivity index (χ3v) is 3.68. The molecular formula is C12H22N2O. The third kappa shape index (κ3) is 2.27. The molecule has 2 unspecified atom stereocenters. The largest absolute Gasteiger partial charge is 0.336 e. The normalized spacial score (nSPS) is 30.5. The highest BCUT2D eigenvalue weighted by molar-refractivity contribution is 5.75. The van der Waals surface area contributed by atoms with Crippen molar-refractivity contribution in [3.63, 3.8) is 0 Å². The molecule has 3 nitrogen and oxygen atoms in total. The lowest BCUT2D eigenvalue weighted by Crippen LogP contribution is -2.46. The van der Waals surface area contributed by atoms with E-state index in [1.807, 2.05) is 13.8 Å². The highest BCUT2D eigenvalue weighted by Crippen LogP contribution is 2.35. The van der Waals surface area contributed by atoms with E-state index in [0.717, 1.165) is 12.5 Å². The van der Waals surface area contributed by atoms with Crippen molar-refractivity contribution >= 4 is 6.03 Å². The number of rotatable bonds is 1. The van der Waals surface area contributed by atoms with Gasteiger partial charge in [-0.2, -0.15) is 0 Å². The molecule has 2 rings (SSSR count). The standard InChI is InChI=1S/C12H22N2O/c1-9(2)13-12(15)14-8-7-10-5-3-4-6-11(10)14/h9-11H,3-8H2,1-2H3,(H,13,15). The van der Waals surface area contributed by atoms with Gasteiger partial charge in [-0.15, -0.1) is 0 Å². The Morgan fingerprint density at radius 2 is 2.00 bits per heavy atom. The van der Waals surface area contributed by atoms with Crippen LogP contribution in [0.25, 0.3) is 0 Å². The summed E-state index contributed by atoms with van der Waals surface area (Å²) in [5.74, 6) is 0.789. The average molecular weight is 210 g/mol. The smallest absolute Gasteiger partial charge is 0.317 e. The Bertz CT molecular complexity index is 240. The van der Waals surface area contributed by atoms with Crippen molar-refractivity contribution in [2.24, 2.45) is 5.92 Å². The summed E-state index contributed by atoms with van der Waals surface area (Å²) in [7, 11) is 0. The van der Waals surface area contributed by atoms with E-state index in [0.29, 0.717) is 6.04 Å². The molecule has 15 heavy (non-hydrogen) atoms. The van der Waals surface area contributed by atoms with E-state index in [-0.39, 0.29) is 12.1 Å². The summed E-state index contributed by atoms with van der Waals surface area (Å²) >= 11 is 0. The highest BCUT2D eigenvalue weighted by Gasteiger charge is 2.38. The molecule has 0 aromatic heterocycles. The van der Waals surface area contributed by atoms with Gasteiger partial charge in [0.15, 0.2) is 0 Å². The van der Waals surface area contributed by atoms with Gasteiger partial charge in [-0.05, 0) is 39.0 Å². The molecule has 1 heterocycles. The number of hydrogen-bond donors (Lipinski definition) is 1. The molecule has 86 valence electrons. The van der Waals surface area contributed by atoms with Gasteiger partial charge in [0.2, 0.25) is 0 Å². The molecule has 2 amide bonds. The number of urea groups is 1. The maximum absolute atomic E-state index is 11.9. The van der Waals surface area contributed by atoms with Crippen LogP contribution in [0.5, 0.6) is 0 Å². The Kier molecular flexibility index (Phi) is 3.17. The zero-order valence-corrected chi connectivity index (χ0v) is 9.83. The summed E-state index contributed by atoms with van der Waals surface area (Å²) in [5.41, 5.74) is 0. The van der Waals surface area contributed by atoms with Gasteiger partial charge in [0.05, 0.1) is 0 Å². The van der Waals surface area contributed by atoms with Crippen molar-refractivity contribution < 1.29 is 4.79 Å². The van der Waals surface area contributed by atoms with E-state index in [9.17, 15) is 4.79 Å². The van der Waals surface area contributed by atoms with Gasteiger partial charge in [0.25, 0.3) is 0 Å². The Morgan fingerprint density at radius 3 is 2.73 bits per heavy atom. The van der Waals surface area contributed by atoms with Crippen LogP contribution < -0.4 is 5.32 Å². The van der Waals surface area contributed by atoms with Crippen LogP contribution >= 0.6 is 0 Å². The minimum Gasteiger partial charge on any atom is -0.336 e. The number of fused-ring (bicyclic) bond motifs is 1. The molecular weight excluding hydrogens is 188 g/mol. The first-order valence-corrected chi connectivity index (χ1v) is 6.25. The number of likely N-dealkylation sites (tertiary alicyclic amines) is 1. The topological polar surface area (TPSA) is 32.3 Å². The van der Waals surface area contributed by atoms with Crippen molar-refractivity contribution in [1.82, 2.24) is 10.2 Å². The Balaban J connectivity index is 1.95. The molecule has 0 radical (unpaired) electrons. The van der Waals surface area contributed by atoms with Crippen LogP contribution in [0.1, 0.15) is 46.0 Å². The minimum absolute atomic E-state index is 0.152. The molecule has 2 aliphatic rings. The van der Waals surface area contributed by atoms with E-state index >= 15 is 0 Å². The molecule has 0 aromatic carbocycles. The van der Waals surface area contributed by atoms with E-state index < -0.39 is 0 Å². The lowest BCUT2D eigenvalue weighted by molar-refractivity contribution is 0.168. The first kappa shape index (κ1) is 10.8. The second-order valence-corrected chi connectivity index (χ2v) is 5.20. The predicted octanol–water partition coefficient (Wildman–Crippen LogP) is 2.37. The summed E-state index contributed by atoms with van der Waals surface area (Å²) < 4.78 is 0. The van der Waals surface area contributed by atoms with E-state index in [2.05, 4.69) is 10.2 Å². The average Bonchev–Trinajstić information content (AvgIpc) is 2.59. The molecule has 1 saturated carbocycles. The molecule has 0 aromatic rings. The van der Waals surface area contributed by atoms with E-state index in [4.69, 9.17) is 0 Å². The summed E-state index contributed by atoms with van der Waals surface area (Å²) in [6.07, 6.45) is 6.43. The fourth-order valence-electron chi connectivity index (χ4n) is 2.99. The number of amides is 2. The van der Waals surface area contributed by atoms with Gasteiger partial charge in [-0.3, -0.25) is 0 Å². The Labute approximate surface area is 92.2 Å². The van der Waals surface area contributed by atoms with Crippen molar-refractivity contribution in [2.75, 3.05) is 6.54 Å². The molecule has 0 spiro atoms.